The van der Waals surface area contributed by atoms with Crippen LogP contribution in [0.1, 0.15) is 35.9 Å². The van der Waals surface area contributed by atoms with E-state index in [1.165, 1.54) is 16.7 Å². The van der Waals surface area contributed by atoms with Gasteiger partial charge in [-0.2, -0.15) is 0 Å². The smallest absolute Gasteiger partial charge is 0.136 e. The fourth-order valence-corrected chi connectivity index (χ4v) is 8.83. The molecule has 0 saturated heterocycles. The minimum atomic E-state index is -0.439. The van der Waals surface area contributed by atoms with Crippen LogP contribution in [-0.2, 0) is 5.41 Å². The molecule has 1 aliphatic carbocycles. The lowest BCUT2D eigenvalue weighted by Gasteiger charge is -2.25. The van der Waals surface area contributed by atoms with Gasteiger partial charge in [-0.3, -0.25) is 0 Å². The van der Waals surface area contributed by atoms with Gasteiger partial charge in [-0.05, 0) is 112 Å². The Morgan fingerprint density at radius 3 is 1.81 bits per heavy atom. The highest BCUT2D eigenvalue weighted by molar-refractivity contribution is 6.26. The highest BCUT2D eigenvalue weighted by atomic mass is 16.3. The van der Waals surface area contributed by atoms with Gasteiger partial charge in [-0.25, -0.2) is 0 Å². The van der Waals surface area contributed by atoms with E-state index >= 15 is 0 Å². The van der Waals surface area contributed by atoms with E-state index in [0.717, 1.165) is 32.8 Å². The fraction of sp³-hybridized carbons (Fsp3) is 0.0588. The van der Waals surface area contributed by atoms with Crippen molar-refractivity contribution in [2.24, 2.45) is 0 Å². The molecule has 0 N–H and O–H groups in total. The van der Waals surface area contributed by atoms with Gasteiger partial charge in [0.1, 0.15) is 11.2 Å². The van der Waals surface area contributed by atoms with E-state index in [1.807, 2.05) is 78.9 Å². The second-order valence-electron chi connectivity index (χ2n) is 14.2. The van der Waals surface area contributed by atoms with Gasteiger partial charge in [0.2, 0.25) is 0 Å². The SMILES string of the molecule is [2H]c1c([2H])c([2H])c2c(-c3cccc4oc5cc6ccccc6cc5c34)c3c([2H])c([2H])c([2H])c([2H])c3c(-c3cccc(-c4cccc5c4C(C)(C)c4ccccc4-5)c3)c2c1[2H]. The summed E-state index contributed by atoms with van der Waals surface area (Å²) in [6, 6.07) is 37.0. The van der Waals surface area contributed by atoms with Crippen LogP contribution in [0.25, 0.3) is 98.8 Å². The lowest BCUT2D eigenvalue weighted by Crippen LogP contribution is -2.16. The van der Waals surface area contributed by atoms with Gasteiger partial charge in [-0.15, -0.1) is 0 Å². The first-order valence-corrected chi connectivity index (χ1v) is 17.5. The van der Waals surface area contributed by atoms with Crippen LogP contribution in [0, 0.1) is 0 Å². The molecule has 11 rings (SSSR count). The Morgan fingerprint density at radius 1 is 0.462 bits per heavy atom. The van der Waals surface area contributed by atoms with Gasteiger partial charge in [-0.1, -0.05) is 159 Å². The van der Waals surface area contributed by atoms with E-state index in [1.54, 1.807) is 0 Å². The van der Waals surface area contributed by atoms with Crippen LogP contribution < -0.4 is 0 Å². The number of hydrogen-bond donors (Lipinski definition) is 0. The van der Waals surface area contributed by atoms with Crippen LogP contribution >= 0.6 is 0 Å². The summed E-state index contributed by atoms with van der Waals surface area (Å²) in [5, 5.41) is 4.10. The van der Waals surface area contributed by atoms with Crippen molar-refractivity contribution in [2.75, 3.05) is 0 Å². The molecule has 0 bridgehead atoms. The van der Waals surface area contributed by atoms with Crippen LogP contribution in [0.3, 0.4) is 0 Å². The van der Waals surface area contributed by atoms with Crippen LogP contribution in [0.2, 0.25) is 0 Å². The topological polar surface area (TPSA) is 13.1 Å². The van der Waals surface area contributed by atoms with E-state index in [4.69, 9.17) is 9.90 Å². The van der Waals surface area contributed by atoms with Crippen LogP contribution in [0.4, 0.5) is 0 Å². The quantitative estimate of drug-likeness (QED) is 0.171. The average Bonchev–Trinajstić information content (AvgIpc) is 3.75. The summed E-state index contributed by atoms with van der Waals surface area (Å²) in [4.78, 5) is 0. The van der Waals surface area contributed by atoms with Gasteiger partial charge in [0.25, 0.3) is 0 Å². The van der Waals surface area contributed by atoms with Crippen molar-refractivity contribution in [1.29, 1.82) is 0 Å². The third-order valence-electron chi connectivity index (χ3n) is 11.1. The maximum atomic E-state index is 9.57. The molecule has 1 aromatic heterocycles. The average molecular weight is 671 g/mol. The van der Waals surface area contributed by atoms with Crippen LogP contribution in [-0.4, -0.2) is 0 Å². The summed E-state index contributed by atoms with van der Waals surface area (Å²) in [7, 11) is 0. The lowest BCUT2D eigenvalue weighted by atomic mass is 9.78. The zero-order chi connectivity index (χ0) is 41.5. The fourth-order valence-electron chi connectivity index (χ4n) is 8.83. The maximum absolute atomic E-state index is 9.57. The Labute approximate surface area is 313 Å². The van der Waals surface area contributed by atoms with E-state index < -0.39 is 24.2 Å². The van der Waals surface area contributed by atoms with Gasteiger partial charge >= 0.3 is 0 Å². The van der Waals surface area contributed by atoms with Crippen molar-refractivity contribution in [2.45, 2.75) is 19.3 Å². The summed E-state index contributed by atoms with van der Waals surface area (Å²) >= 11 is 0. The molecule has 9 aromatic carbocycles. The normalized spacial score (nSPS) is 15.5. The summed E-state index contributed by atoms with van der Waals surface area (Å²) in [6.45, 7) is 4.45. The molecule has 0 fully saturated rings. The monoisotopic (exact) mass is 670 g/mol. The Balaban J connectivity index is 1.30. The third-order valence-corrected chi connectivity index (χ3v) is 11.1. The second kappa shape index (κ2) is 10.8. The molecule has 0 radical (unpaired) electrons. The van der Waals surface area contributed by atoms with Gasteiger partial charge in [0, 0.05) is 16.2 Å². The summed E-state index contributed by atoms with van der Waals surface area (Å²) < 4.78 is 80.7. The molecular weight excluding hydrogens is 629 g/mol. The molecule has 0 unspecified atom stereocenters. The molecule has 1 heterocycles. The Kier molecular flexibility index (Phi) is 4.64. The zero-order valence-electron chi connectivity index (χ0n) is 36.5. The summed E-state index contributed by atoms with van der Waals surface area (Å²) in [6.07, 6.45) is 0. The van der Waals surface area contributed by atoms with Crippen molar-refractivity contribution < 1.29 is 15.4 Å². The second-order valence-corrected chi connectivity index (χ2v) is 14.2. The largest absolute Gasteiger partial charge is 0.456 e. The van der Waals surface area contributed by atoms with E-state index in [-0.39, 0.29) is 51.1 Å². The van der Waals surface area contributed by atoms with Crippen LogP contribution in [0.5, 0.6) is 0 Å². The van der Waals surface area contributed by atoms with Gasteiger partial charge < -0.3 is 4.42 Å². The van der Waals surface area contributed by atoms with Crippen LogP contribution in [0.15, 0.2) is 174 Å². The molecule has 1 heteroatoms. The highest BCUT2D eigenvalue weighted by Crippen LogP contribution is 2.53. The molecule has 1 aliphatic rings. The molecule has 0 spiro atoms. The highest BCUT2D eigenvalue weighted by Gasteiger charge is 2.37. The molecule has 0 saturated carbocycles. The first-order valence-electron chi connectivity index (χ1n) is 21.5. The van der Waals surface area contributed by atoms with E-state index in [0.29, 0.717) is 38.8 Å². The molecular formula is C51H34O. The predicted octanol–water partition coefficient (Wildman–Crippen LogP) is 14.4. The number of rotatable bonds is 3. The minimum Gasteiger partial charge on any atom is -0.456 e. The Bertz CT molecular complexity index is 3480. The van der Waals surface area contributed by atoms with Crippen molar-refractivity contribution >= 4 is 54.3 Å². The van der Waals surface area contributed by atoms with Crippen molar-refractivity contribution in [3.05, 3.63) is 181 Å². The molecule has 0 atom stereocenters. The molecule has 0 aliphatic heterocycles. The van der Waals surface area contributed by atoms with E-state index in [2.05, 4.69) is 56.3 Å². The first-order chi connectivity index (χ1) is 28.9. The number of hydrogen-bond acceptors (Lipinski definition) is 1. The molecule has 52 heavy (non-hydrogen) atoms. The number of furan rings is 1. The Hall–Kier alpha value is -6.44. The Morgan fingerprint density at radius 2 is 1.04 bits per heavy atom. The zero-order valence-corrected chi connectivity index (χ0v) is 28.5. The van der Waals surface area contributed by atoms with Gasteiger partial charge in [0.05, 0.1) is 11.0 Å². The van der Waals surface area contributed by atoms with Crippen molar-refractivity contribution in [3.63, 3.8) is 0 Å². The standard InChI is InChI=1S/C51H34O/c1-51(2)44-26-10-9-18-36(44)41-24-12-23-35(50(41)51)33-16-11-17-34(28-33)47-37-19-5-7-21-39(37)48(40-22-8-6-20-38(40)47)42-25-13-27-45-49(42)43-29-31-14-3-4-15-32(31)30-46(43)52-45/h3-30H,1-2H3/i5D,6D,7D,8D,19D,20D,21D,22D. The van der Waals surface area contributed by atoms with E-state index in [9.17, 15) is 5.48 Å². The minimum absolute atomic E-state index is 0.166. The van der Waals surface area contributed by atoms with Gasteiger partial charge in [0.15, 0.2) is 0 Å². The number of benzene rings is 9. The predicted molar refractivity (Wildman–Crippen MR) is 220 cm³/mol. The molecule has 244 valence electrons. The maximum Gasteiger partial charge on any atom is 0.136 e. The summed E-state index contributed by atoms with van der Waals surface area (Å²) in [5.41, 5.74) is 9.18. The lowest BCUT2D eigenvalue weighted by molar-refractivity contribution is 0.662. The molecule has 0 amide bonds. The van der Waals surface area contributed by atoms with Crippen molar-refractivity contribution in [3.8, 4) is 44.5 Å². The number of fused-ring (bicyclic) bond motifs is 9. The first kappa shape index (κ1) is 22.4. The summed E-state index contributed by atoms with van der Waals surface area (Å²) in [5.74, 6) is 0. The third kappa shape index (κ3) is 4.05. The molecule has 1 nitrogen and oxygen atoms in total. The van der Waals surface area contributed by atoms with Crippen molar-refractivity contribution in [1.82, 2.24) is 0 Å². The molecule has 10 aromatic rings.